The minimum absolute atomic E-state index is 0. The van der Waals surface area contributed by atoms with Gasteiger partial charge in [-0.15, -0.1) is 0 Å². The number of rotatable bonds is 15. The van der Waals surface area contributed by atoms with Gasteiger partial charge in [-0.2, -0.15) is 0 Å². The van der Waals surface area contributed by atoms with E-state index in [4.69, 9.17) is 17.1 Å². The van der Waals surface area contributed by atoms with Crippen LogP contribution in [0.1, 0.15) is 41.0 Å². The normalized spacial score (nSPS) is 14.8. The van der Waals surface area contributed by atoms with E-state index in [1.807, 2.05) is 20.8 Å². The molecule has 36 heavy (non-hydrogen) atoms. The Morgan fingerprint density at radius 1 is 0.917 bits per heavy atom. The van der Waals surface area contributed by atoms with Gasteiger partial charge >= 0.3 is 17.1 Å². The van der Waals surface area contributed by atoms with Crippen LogP contribution in [0.15, 0.2) is 0 Å². The minimum atomic E-state index is -2.22. The van der Waals surface area contributed by atoms with E-state index in [9.17, 15) is 15.0 Å². The molecule has 2 unspecified atom stereocenters. The molecule has 0 spiro atoms. The molecule has 222 valence electrons. The highest BCUT2D eigenvalue weighted by molar-refractivity contribution is 6.89. The number of methoxy groups -OCH3 is 1. The van der Waals surface area contributed by atoms with Gasteiger partial charge < -0.3 is 36.6 Å². The summed E-state index contributed by atoms with van der Waals surface area (Å²) in [6.45, 7) is 26.9. The first-order valence-electron chi connectivity index (χ1n) is 12.8. The van der Waals surface area contributed by atoms with Crippen molar-refractivity contribution in [3.8, 4) is 0 Å². The molecular weight excluding hydrogens is 527 g/mol. The van der Waals surface area contributed by atoms with E-state index in [-0.39, 0.29) is 18.5 Å². The smallest absolute Gasteiger partial charge is 0.315 e. The third kappa shape index (κ3) is 28.7. The summed E-state index contributed by atoms with van der Waals surface area (Å²) >= 11 is 0. The number of quaternary nitrogens is 1. The average Bonchev–Trinajstić information content (AvgIpc) is 2.58. The molecule has 0 aliphatic heterocycles. The van der Waals surface area contributed by atoms with Gasteiger partial charge in [0.05, 0.1) is 20.1 Å². The fraction of sp³-hybridized carbons (Fsp3) is 0.958. The van der Waals surface area contributed by atoms with E-state index in [2.05, 4.69) is 58.9 Å². The van der Waals surface area contributed by atoms with Crippen LogP contribution >= 0.6 is 0 Å². The Bertz CT molecular complexity index is 568. The summed E-state index contributed by atoms with van der Waals surface area (Å²) in [4.78, 5) is 10.3. The lowest BCUT2D eigenvalue weighted by Gasteiger charge is -2.41. The molecule has 0 aliphatic rings. The number of aliphatic carboxylic acids is 1. The Balaban J connectivity index is -0.000000291. The van der Waals surface area contributed by atoms with E-state index in [0.29, 0.717) is 13.0 Å². The Morgan fingerprint density at radius 3 is 1.69 bits per heavy atom. The second kappa shape index (κ2) is 19.2. The van der Waals surface area contributed by atoms with Crippen molar-refractivity contribution in [1.29, 1.82) is 0 Å². The first-order chi connectivity index (χ1) is 15.6. The second-order valence-electron chi connectivity index (χ2n) is 11.9. The van der Waals surface area contributed by atoms with E-state index >= 15 is 0 Å². The molecule has 0 aromatic heterocycles. The molecule has 1 N–H and O–H groups in total. The summed E-state index contributed by atoms with van der Waals surface area (Å²) in [6.07, 6.45) is 1.20. The zero-order chi connectivity index (χ0) is 28.7. The molecule has 2 atom stereocenters. The van der Waals surface area contributed by atoms with Crippen molar-refractivity contribution in [2.24, 2.45) is 0 Å². The number of carbonyl (C=O) groups excluding carboxylic acids is 1. The van der Waals surface area contributed by atoms with Crippen LogP contribution in [0.3, 0.4) is 0 Å². The van der Waals surface area contributed by atoms with E-state index in [1.165, 1.54) is 0 Å². The fourth-order valence-corrected chi connectivity index (χ4v) is 21.6. The van der Waals surface area contributed by atoms with Gasteiger partial charge in [0.1, 0.15) is 19.2 Å². The molecule has 0 aliphatic carbocycles. The first-order valence-corrected chi connectivity index (χ1v) is 25.0. The van der Waals surface area contributed by atoms with E-state index < -0.39 is 45.8 Å². The number of carboxylic acid groups (broad SMARTS) is 1. The Kier molecular flexibility index (Phi) is 23.0. The molecular formula is C24H63NO7Si4. The number of aliphatic hydroxyl groups is 1. The predicted octanol–water partition coefficient (Wildman–Crippen LogP) is 4.76. The van der Waals surface area contributed by atoms with Crippen LogP contribution in [-0.2, 0) is 21.9 Å². The quantitative estimate of drug-likeness (QED) is 0.167. The Labute approximate surface area is 229 Å². The summed E-state index contributed by atoms with van der Waals surface area (Å²) in [6, 6.07) is 0.969. The van der Waals surface area contributed by atoms with Crippen molar-refractivity contribution in [2.45, 2.75) is 112 Å². The lowest BCUT2D eigenvalue weighted by molar-refractivity contribution is -0.887. The highest BCUT2D eigenvalue weighted by Gasteiger charge is 2.44. The average molecular weight is 590 g/mol. The van der Waals surface area contributed by atoms with Crippen LogP contribution < -0.4 is 5.11 Å². The number of ether oxygens (including phenoxy) is 1. The van der Waals surface area contributed by atoms with Crippen molar-refractivity contribution in [3.63, 3.8) is 0 Å². The molecule has 0 heterocycles. The Morgan fingerprint density at radius 2 is 1.36 bits per heavy atom. The number of aliphatic hydroxyl groups excluding tert-OH is 1. The maximum atomic E-state index is 10.3. The maximum absolute atomic E-state index is 10.3. The SMILES string of the molecule is C.CC.CCC(O)C[N+](C)(C)CC(=O)[O-].COCCC[Si](C)(O[Si](C)(C)C)O[Si](C)(C)O[Si](C)(C)C. The molecule has 0 fully saturated rings. The van der Waals surface area contributed by atoms with Gasteiger partial charge in [0.2, 0.25) is 0 Å². The summed E-state index contributed by atoms with van der Waals surface area (Å²) in [5.41, 5.74) is 0. The zero-order valence-electron chi connectivity index (χ0n) is 25.7. The first kappa shape index (κ1) is 43.2. The molecule has 0 aromatic rings. The second-order valence-corrected chi connectivity index (χ2v) is 28.3. The summed E-state index contributed by atoms with van der Waals surface area (Å²) in [5.74, 6) is -1.08. The highest BCUT2D eigenvalue weighted by atomic mass is 28.5. The number of likely N-dealkylation sites (N-methyl/N-ethyl adjacent to an activating group) is 1. The summed E-state index contributed by atoms with van der Waals surface area (Å²) in [5, 5.41) is 19.6. The monoisotopic (exact) mass is 589 g/mol. The molecule has 8 nitrogen and oxygen atoms in total. The van der Waals surface area contributed by atoms with Crippen molar-refractivity contribution in [1.82, 2.24) is 0 Å². The maximum Gasteiger partial charge on any atom is 0.315 e. The molecule has 12 heteroatoms. The lowest BCUT2D eigenvalue weighted by atomic mass is 10.2. The molecule has 0 bridgehead atoms. The van der Waals surface area contributed by atoms with E-state index in [0.717, 1.165) is 19.1 Å². The molecule has 0 aromatic carbocycles. The number of hydrogen-bond acceptors (Lipinski definition) is 7. The van der Waals surface area contributed by atoms with Crippen LogP contribution in [0.4, 0.5) is 0 Å². The predicted molar refractivity (Wildman–Crippen MR) is 162 cm³/mol. The van der Waals surface area contributed by atoms with Gasteiger partial charge in [0, 0.05) is 13.7 Å². The van der Waals surface area contributed by atoms with Crippen LogP contribution in [-0.4, -0.2) is 96.3 Å². The zero-order valence-corrected chi connectivity index (χ0v) is 29.7. The van der Waals surface area contributed by atoms with Crippen LogP contribution in [0.5, 0.6) is 0 Å². The number of carboxylic acids is 1. The van der Waals surface area contributed by atoms with Crippen molar-refractivity contribution < 1.29 is 36.6 Å². The number of carbonyl (C=O) groups is 1. The molecule has 0 rings (SSSR count). The van der Waals surface area contributed by atoms with Gasteiger partial charge in [-0.25, -0.2) is 0 Å². The van der Waals surface area contributed by atoms with Crippen LogP contribution in [0.25, 0.3) is 0 Å². The molecule has 0 saturated heterocycles. The largest absolute Gasteiger partial charge is 0.544 e. The van der Waals surface area contributed by atoms with Crippen LogP contribution in [0.2, 0.25) is 65.0 Å². The highest BCUT2D eigenvalue weighted by Crippen LogP contribution is 2.27. The van der Waals surface area contributed by atoms with Gasteiger partial charge in [-0.05, 0) is 77.8 Å². The third-order valence-corrected chi connectivity index (χ3v) is 17.8. The third-order valence-electron chi connectivity index (χ3n) is 4.25. The van der Waals surface area contributed by atoms with Crippen LogP contribution in [0, 0.1) is 0 Å². The van der Waals surface area contributed by atoms with Gasteiger partial charge in [-0.1, -0.05) is 28.2 Å². The molecule has 0 saturated carbocycles. The Hall–Kier alpha value is 0.0975. The summed E-state index contributed by atoms with van der Waals surface area (Å²) < 4.78 is 24.8. The standard InChI is InChI=1S/C13H36O4Si4.C8H17NO3.C2H6.CH4/c1-14-12-11-13-21(10,16-19(5,6)7)17-20(8,9)15-18(2,3)4;1-4-7(10)5-9(2,3)6-8(11)12;1-2;/h11-13H2,1-10H3;7,10H,4-6H2,1-3H3;1-2H3;1H4. The lowest BCUT2D eigenvalue weighted by Crippen LogP contribution is -2.56. The number of hydrogen-bond donors (Lipinski definition) is 1. The van der Waals surface area contributed by atoms with Gasteiger partial charge in [-0.3, -0.25) is 0 Å². The topological polar surface area (TPSA) is 97.3 Å². The van der Waals surface area contributed by atoms with Crippen molar-refractivity contribution in [3.05, 3.63) is 0 Å². The van der Waals surface area contributed by atoms with Crippen molar-refractivity contribution in [2.75, 3.05) is 40.9 Å². The number of nitrogens with zero attached hydrogens (tertiary/aromatic N) is 1. The molecule has 0 amide bonds. The van der Waals surface area contributed by atoms with Gasteiger partial charge in [0.15, 0.2) is 16.6 Å². The minimum Gasteiger partial charge on any atom is -0.544 e. The fourth-order valence-electron chi connectivity index (χ4n) is 3.70. The molecule has 0 radical (unpaired) electrons. The van der Waals surface area contributed by atoms with Crippen molar-refractivity contribution >= 4 is 39.7 Å². The van der Waals surface area contributed by atoms with Gasteiger partial charge in [0.25, 0.3) is 0 Å². The summed E-state index contributed by atoms with van der Waals surface area (Å²) in [7, 11) is -2.35. The van der Waals surface area contributed by atoms with E-state index in [1.54, 1.807) is 21.2 Å².